The second-order valence-electron chi connectivity index (χ2n) is 8.22. The van der Waals surface area contributed by atoms with E-state index in [2.05, 4.69) is 19.6 Å². The summed E-state index contributed by atoms with van der Waals surface area (Å²) in [5, 5.41) is 30.3. The molecule has 1 heterocycles. The van der Waals surface area contributed by atoms with Gasteiger partial charge in [-0.2, -0.15) is 0 Å². The van der Waals surface area contributed by atoms with Gasteiger partial charge in [-0.05, 0) is 71.6 Å². The summed E-state index contributed by atoms with van der Waals surface area (Å²) in [5.74, 6) is -1.27. The second kappa shape index (κ2) is 7.60. The van der Waals surface area contributed by atoms with Gasteiger partial charge in [0.2, 0.25) is 0 Å². The number of rotatable bonds is 2. The minimum absolute atomic E-state index is 0.0279. The number of allylic oxidation sites excluding steroid dienone is 2. The summed E-state index contributed by atoms with van der Waals surface area (Å²) >= 11 is 0. The highest BCUT2D eigenvalue weighted by molar-refractivity contribution is 5.86. The Balaban J connectivity index is 2.17. The van der Waals surface area contributed by atoms with Crippen LogP contribution in [0.25, 0.3) is 0 Å². The second-order valence-corrected chi connectivity index (χ2v) is 8.22. The van der Waals surface area contributed by atoms with Gasteiger partial charge in [0.25, 0.3) is 0 Å². The first kappa shape index (κ1) is 20.1. The number of carbonyl (C=O) groups is 1. The molecule has 0 spiro atoms. The Morgan fingerprint density at radius 2 is 2.00 bits per heavy atom. The van der Waals surface area contributed by atoms with E-state index in [0.717, 1.165) is 19.3 Å². The van der Waals surface area contributed by atoms with E-state index in [9.17, 15) is 20.1 Å². The molecule has 0 amide bonds. The lowest BCUT2D eigenvalue weighted by molar-refractivity contribution is -0.133. The third-order valence-electron chi connectivity index (χ3n) is 5.96. The maximum Gasteiger partial charge on any atom is 0.331 e. The molecule has 1 aliphatic heterocycles. The van der Waals surface area contributed by atoms with Gasteiger partial charge in [0.15, 0.2) is 0 Å². The van der Waals surface area contributed by atoms with Crippen molar-refractivity contribution in [1.29, 1.82) is 0 Å². The Hall–Kier alpha value is -1.17. The van der Waals surface area contributed by atoms with Crippen LogP contribution >= 0.6 is 0 Å². The number of aliphatic carboxylic acids is 1. The molecule has 5 unspecified atom stereocenters. The summed E-state index contributed by atoms with van der Waals surface area (Å²) in [7, 11) is 0. The number of carboxylic acid groups (broad SMARTS) is 1. The Morgan fingerprint density at radius 1 is 1.32 bits per heavy atom. The van der Waals surface area contributed by atoms with E-state index in [1.807, 2.05) is 6.92 Å². The van der Waals surface area contributed by atoms with Gasteiger partial charge in [-0.3, -0.25) is 0 Å². The van der Waals surface area contributed by atoms with E-state index < -0.39 is 17.7 Å². The average Bonchev–Trinajstić information content (AvgIpc) is 3.17. The van der Waals surface area contributed by atoms with Gasteiger partial charge in [-0.1, -0.05) is 18.2 Å². The van der Waals surface area contributed by atoms with E-state index in [-0.39, 0.29) is 23.2 Å². The van der Waals surface area contributed by atoms with Crippen molar-refractivity contribution in [1.82, 2.24) is 0 Å². The number of hydrogen-bond acceptors (Lipinski definition) is 4. The predicted octanol–water partition coefficient (Wildman–Crippen LogP) is 3.20. The molecular weight excluding hydrogens is 320 g/mol. The summed E-state index contributed by atoms with van der Waals surface area (Å²) in [5.41, 5.74) is -0.0643. The first-order valence-corrected chi connectivity index (χ1v) is 9.21. The SMILES string of the molecule is C=C(C(=O)O)C1CCC(C)(O)C(O)CCC(C)=CCCC2(C)OC2C1. The smallest absolute Gasteiger partial charge is 0.331 e. The molecule has 0 radical (unpaired) electrons. The first-order chi connectivity index (χ1) is 11.5. The number of ether oxygens (including phenoxy) is 1. The van der Waals surface area contributed by atoms with Crippen molar-refractivity contribution in [3.63, 3.8) is 0 Å². The van der Waals surface area contributed by atoms with E-state index in [1.165, 1.54) is 5.57 Å². The fourth-order valence-corrected chi connectivity index (χ4v) is 3.69. The van der Waals surface area contributed by atoms with Crippen LogP contribution in [-0.4, -0.2) is 44.7 Å². The highest BCUT2D eigenvalue weighted by Gasteiger charge is 2.52. The van der Waals surface area contributed by atoms with Crippen molar-refractivity contribution in [3.8, 4) is 0 Å². The largest absolute Gasteiger partial charge is 0.478 e. The molecule has 2 aliphatic rings. The molecule has 0 aromatic rings. The van der Waals surface area contributed by atoms with Gasteiger partial charge < -0.3 is 20.1 Å². The number of aliphatic hydroxyl groups is 2. The van der Waals surface area contributed by atoms with Gasteiger partial charge in [-0.25, -0.2) is 4.79 Å². The molecule has 25 heavy (non-hydrogen) atoms. The van der Waals surface area contributed by atoms with E-state index >= 15 is 0 Å². The van der Waals surface area contributed by atoms with Crippen LogP contribution in [0.2, 0.25) is 0 Å². The third kappa shape index (κ3) is 5.16. The van der Waals surface area contributed by atoms with Gasteiger partial charge in [0, 0.05) is 5.57 Å². The van der Waals surface area contributed by atoms with E-state index in [1.54, 1.807) is 6.92 Å². The fraction of sp³-hybridized carbons (Fsp3) is 0.750. The predicted molar refractivity (Wildman–Crippen MR) is 96.3 cm³/mol. The third-order valence-corrected chi connectivity index (χ3v) is 5.96. The average molecular weight is 352 g/mol. The molecular formula is C20H32O5. The Bertz CT molecular complexity index is 550. The van der Waals surface area contributed by atoms with Gasteiger partial charge in [0.05, 0.1) is 23.4 Å². The zero-order valence-corrected chi connectivity index (χ0v) is 15.6. The molecule has 5 heteroatoms. The van der Waals surface area contributed by atoms with Crippen molar-refractivity contribution >= 4 is 5.97 Å². The molecule has 1 fully saturated rings. The van der Waals surface area contributed by atoms with Crippen molar-refractivity contribution in [2.45, 2.75) is 89.1 Å². The maximum atomic E-state index is 11.4. The number of aliphatic hydroxyl groups excluding tert-OH is 1. The number of hydrogen-bond donors (Lipinski definition) is 3. The van der Waals surface area contributed by atoms with Gasteiger partial charge in [-0.15, -0.1) is 0 Å². The topological polar surface area (TPSA) is 90.3 Å². The summed E-state index contributed by atoms with van der Waals surface area (Å²) in [6.45, 7) is 9.48. The van der Waals surface area contributed by atoms with Crippen molar-refractivity contribution in [2.24, 2.45) is 5.92 Å². The molecule has 1 aliphatic carbocycles. The van der Waals surface area contributed by atoms with Gasteiger partial charge in [0.1, 0.15) is 0 Å². The minimum Gasteiger partial charge on any atom is -0.478 e. The molecule has 3 N–H and O–H groups in total. The molecule has 1 saturated heterocycles. The Morgan fingerprint density at radius 3 is 2.64 bits per heavy atom. The molecule has 142 valence electrons. The van der Waals surface area contributed by atoms with Crippen LogP contribution in [0.3, 0.4) is 0 Å². The normalized spacial score (nSPS) is 40.4. The molecule has 0 bridgehead atoms. The lowest BCUT2D eigenvalue weighted by Gasteiger charge is -2.31. The standard InChI is InChI=1S/C20H32O5/c1-13-6-5-10-20(4)17(25-20)12-15(14(2)18(22)23)9-11-19(3,24)16(21)8-7-13/h6,15-17,21,24H,2,5,7-12H2,1,3-4H3,(H,22,23). The molecule has 2 rings (SSSR count). The van der Waals surface area contributed by atoms with Crippen LogP contribution in [0.5, 0.6) is 0 Å². The van der Waals surface area contributed by atoms with Crippen LogP contribution in [0.15, 0.2) is 23.8 Å². The summed E-state index contributed by atoms with van der Waals surface area (Å²) in [6.07, 6.45) is 5.80. The summed E-state index contributed by atoms with van der Waals surface area (Å²) in [4.78, 5) is 11.4. The molecule has 5 atom stereocenters. The molecule has 0 saturated carbocycles. The van der Waals surface area contributed by atoms with E-state index in [4.69, 9.17) is 4.74 Å². The molecule has 0 aromatic carbocycles. The Labute approximate surface area is 150 Å². The van der Waals surface area contributed by atoms with Crippen LogP contribution < -0.4 is 0 Å². The lowest BCUT2D eigenvalue weighted by Crippen LogP contribution is -2.40. The van der Waals surface area contributed by atoms with Crippen LogP contribution in [0, 0.1) is 5.92 Å². The maximum absolute atomic E-state index is 11.4. The highest BCUT2D eigenvalue weighted by Crippen LogP contribution is 2.46. The van der Waals surface area contributed by atoms with Crippen molar-refractivity contribution < 1.29 is 24.9 Å². The van der Waals surface area contributed by atoms with Crippen LogP contribution in [0.1, 0.15) is 65.7 Å². The summed E-state index contributed by atoms with van der Waals surface area (Å²) < 4.78 is 5.87. The number of fused-ring (bicyclic) bond motifs is 1. The van der Waals surface area contributed by atoms with Crippen molar-refractivity contribution in [2.75, 3.05) is 0 Å². The first-order valence-electron chi connectivity index (χ1n) is 9.21. The van der Waals surface area contributed by atoms with Crippen molar-refractivity contribution in [3.05, 3.63) is 23.8 Å². The van der Waals surface area contributed by atoms with Crippen LogP contribution in [-0.2, 0) is 9.53 Å². The van der Waals surface area contributed by atoms with E-state index in [0.29, 0.717) is 25.7 Å². The highest BCUT2D eigenvalue weighted by atomic mass is 16.6. The van der Waals surface area contributed by atoms with Gasteiger partial charge >= 0.3 is 5.97 Å². The fourth-order valence-electron chi connectivity index (χ4n) is 3.69. The zero-order valence-electron chi connectivity index (χ0n) is 15.6. The monoisotopic (exact) mass is 352 g/mol. The zero-order chi connectivity index (χ0) is 18.8. The number of epoxide rings is 1. The number of carboxylic acids is 1. The molecule has 5 nitrogen and oxygen atoms in total. The Kier molecular flexibility index (Phi) is 6.13. The van der Waals surface area contributed by atoms with Crippen LogP contribution in [0.4, 0.5) is 0 Å². The quantitative estimate of drug-likeness (QED) is 0.403. The lowest BCUT2D eigenvalue weighted by atomic mass is 9.81. The summed E-state index contributed by atoms with van der Waals surface area (Å²) in [6, 6.07) is 0. The molecule has 0 aromatic heterocycles. The minimum atomic E-state index is -1.24.